The van der Waals surface area contributed by atoms with E-state index in [1.54, 1.807) is 42.5 Å². The minimum Gasteiger partial charge on any atom is -0.352 e. The SMILES string of the molecule is CCC(C)NC(=O)c1cccc(CNC(=O)CCn2nnc3ccccc3c2=O)c1. The van der Waals surface area contributed by atoms with Crippen LogP contribution in [0, 0.1) is 0 Å². The maximum absolute atomic E-state index is 12.4. The fraction of sp³-hybridized carbons (Fsp3) is 0.318. The quantitative estimate of drug-likeness (QED) is 0.594. The van der Waals surface area contributed by atoms with Crippen LogP contribution in [0.25, 0.3) is 10.9 Å². The van der Waals surface area contributed by atoms with Crippen molar-refractivity contribution in [1.29, 1.82) is 0 Å². The number of benzene rings is 2. The molecule has 0 saturated carbocycles. The van der Waals surface area contributed by atoms with Crippen LogP contribution in [-0.2, 0) is 17.9 Å². The smallest absolute Gasteiger partial charge is 0.277 e. The van der Waals surface area contributed by atoms with Crippen LogP contribution < -0.4 is 16.2 Å². The molecule has 1 unspecified atom stereocenters. The predicted molar refractivity (Wildman–Crippen MR) is 114 cm³/mol. The highest BCUT2D eigenvalue weighted by molar-refractivity contribution is 5.94. The Bertz CT molecular complexity index is 1110. The van der Waals surface area contributed by atoms with Gasteiger partial charge in [-0.05, 0) is 43.2 Å². The van der Waals surface area contributed by atoms with Gasteiger partial charge in [0.1, 0.15) is 5.52 Å². The number of aromatic nitrogens is 3. The normalized spacial score (nSPS) is 11.8. The summed E-state index contributed by atoms with van der Waals surface area (Å²) >= 11 is 0. The van der Waals surface area contributed by atoms with E-state index in [2.05, 4.69) is 20.9 Å². The first kappa shape index (κ1) is 21.2. The van der Waals surface area contributed by atoms with Gasteiger partial charge >= 0.3 is 0 Å². The van der Waals surface area contributed by atoms with Gasteiger partial charge in [-0.15, -0.1) is 5.10 Å². The van der Waals surface area contributed by atoms with E-state index in [4.69, 9.17) is 0 Å². The van der Waals surface area contributed by atoms with Crippen molar-refractivity contribution in [3.8, 4) is 0 Å². The monoisotopic (exact) mass is 407 g/mol. The third-order valence-electron chi connectivity index (χ3n) is 4.85. The fourth-order valence-corrected chi connectivity index (χ4v) is 2.90. The highest BCUT2D eigenvalue weighted by Crippen LogP contribution is 2.07. The molecule has 3 aromatic rings. The highest BCUT2D eigenvalue weighted by atomic mass is 16.2. The summed E-state index contributed by atoms with van der Waals surface area (Å²) in [6, 6.07) is 14.2. The second-order valence-electron chi connectivity index (χ2n) is 7.14. The molecule has 8 heteroatoms. The molecular weight excluding hydrogens is 382 g/mol. The summed E-state index contributed by atoms with van der Waals surface area (Å²) < 4.78 is 1.20. The van der Waals surface area contributed by atoms with Gasteiger partial charge in [-0.25, -0.2) is 4.68 Å². The predicted octanol–water partition coefficient (Wildman–Crippen LogP) is 2.03. The first-order valence-electron chi connectivity index (χ1n) is 9.97. The Morgan fingerprint density at radius 3 is 2.73 bits per heavy atom. The molecule has 8 nitrogen and oxygen atoms in total. The molecule has 2 aromatic carbocycles. The first-order chi connectivity index (χ1) is 14.5. The standard InChI is InChI=1S/C22H25N5O3/c1-3-15(2)24-21(29)17-8-6-7-16(13-17)14-23-20(28)11-12-27-22(30)18-9-4-5-10-19(18)25-26-27/h4-10,13,15H,3,11-12,14H2,1-2H3,(H,23,28)(H,24,29). The lowest BCUT2D eigenvalue weighted by atomic mass is 10.1. The third-order valence-corrected chi connectivity index (χ3v) is 4.85. The summed E-state index contributed by atoms with van der Waals surface area (Å²) in [7, 11) is 0. The first-order valence-corrected chi connectivity index (χ1v) is 9.97. The molecule has 0 fully saturated rings. The van der Waals surface area contributed by atoms with E-state index in [1.165, 1.54) is 4.68 Å². The summed E-state index contributed by atoms with van der Waals surface area (Å²) in [6.45, 7) is 4.39. The summed E-state index contributed by atoms with van der Waals surface area (Å²) in [5.74, 6) is -0.349. The number of carbonyl (C=O) groups is 2. The van der Waals surface area contributed by atoms with Gasteiger partial charge in [0.15, 0.2) is 0 Å². The Labute approximate surface area is 174 Å². The lowest BCUT2D eigenvalue weighted by Gasteiger charge is -2.12. The number of amides is 2. The van der Waals surface area contributed by atoms with E-state index in [0.717, 1.165) is 12.0 Å². The van der Waals surface area contributed by atoms with Gasteiger partial charge in [0.2, 0.25) is 5.91 Å². The van der Waals surface area contributed by atoms with Crippen LogP contribution in [0.5, 0.6) is 0 Å². The van der Waals surface area contributed by atoms with Crippen molar-refractivity contribution < 1.29 is 9.59 Å². The van der Waals surface area contributed by atoms with Crippen molar-refractivity contribution in [1.82, 2.24) is 25.6 Å². The van der Waals surface area contributed by atoms with Gasteiger partial charge in [-0.2, -0.15) is 0 Å². The molecule has 1 atom stereocenters. The molecule has 0 aliphatic carbocycles. The van der Waals surface area contributed by atoms with E-state index in [0.29, 0.717) is 23.0 Å². The Balaban J connectivity index is 1.55. The van der Waals surface area contributed by atoms with Crippen LogP contribution in [0.3, 0.4) is 0 Å². The molecule has 0 bridgehead atoms. The molecular formula is C22H25N5O3. The van der Waals surface area contributed by atoms with Gasteiger partial charge in [-0.3, -0.25) is 14.4 Å². The van der Waals surface area contributed by atoms with Gasteiger partial charge in [-0.1, -0.05) is 36.4 Å². The van der Waals surface area contributed by atoms with Crippen molar-refractivity contribution in [3.05, 3.63) is 70.0 Å². The van der Waals surface area contributed by atoms with Crippen LogP contribution in [0.15, 0.2) is 53.3 Å². The molecule has 1 heterocycles. The molecule has 0 aliphatic heterocycles. The van der Waals surface area contributed by atoms with E-state index < -0.39 is 0 Å². The molecule has 156 valence electrons. The lowest BCUT2D eigenvalue weighted by molar-refractivity contribution is -0.121. The maximum atomic E-state index is 12.4. The molecule has 0 saturated heterocycles. The van der Waals surface area contributed by atoms with E-state index >= 15 is 0 Å². The molecule has 0 radical (unpaired) electrons. The zero-order chi connectivity index (χ0) is 21.5. The number of nitrogens with zero attached hydrogens (tertiary/aromatic N) is 3. The summed E-state index contributed by atoms with van der Waals surface area (Å²) in [4.78, 5) is 36.9. The molecule has 0 spiro atoms. The molecule has 3 rings (SSSR count). The van der Waals surface area contributed by atoms with Crippen molar-refractivity contribution in [2.75, 3.05) is 0 Å². The molecule has 30 heavy (non-hydrogen) atoms. The van der Waals surface area contributed by atoms with Gasteiger partial charge < -0.3 is 10.6 Å². The van der Waals surface area contributed by atoms with E-state index in [9.17, 15) is 14.4 Å². The highest BCUT2D eigenvalue weighted by Gasteiger charge is 2.10. The number of carbonyl (C=O) groups excluding carboxylic acids is 2. The van der Waals surface area contributed by atoms with Crippen LogP contribution >= 0.6 is 0 Å². The van der Waals surface area contributed by atoms with Crippen molar-refractivity contribution in [3.63, 3.8) is 0 Å². The molecule has 0 aliphatic rings. The van der Waals surface area contributed by atoms with E-state index in [-0.39, 0.29) is 36.4 Å². The van der Waals surface area contributed by atoms with Crippen LogP contribution in [0.2, 0.25) is 0 Å². The molecule has 2 amide bonds. The minimum absolute atomic E-state index is 0.0983. The van der Waals surface area contributed by atoms with Crippen molar-refractivity contribution in [2.45, 2.75) is 45.8 Å². The van der Waals surface area contributed by atoms with Gasteiger partial charge in [0, 0.05) is 24.6 Å². The Morgan fingerprint density at radius 2 is 1.93 bits per heavy atom. The zero-order valence-electron chi connectivity index (χ0n) is 17.1. The van der Waals surface area contributed by atoms with Gasteiger partial charge in [0.05, 0.1) is 11.9 Å². The summed E-state index contributed by atoms with van der Waals surface area (Å²) in [6.07, 6.45) is 0.952. The molecule has 1 aromatic heterocycles. The second-order valence-corrected chi connectivity index (χ2v) is 7.14. The van der Waals surface area contributed by atoms with Crippen LogP contribution in [-0.4, -0.2) is 32.9 Å². The third kappa shape index (κ3) is 5.28. The Hall–Kier alpha value is -3.55. The number of rotatable bonds is 8. The Morgan fingerprint density at radius 1 is 1.13 bits per heavy atom. The van der Waals surface area contributed by atoms with Crippen molar-refractivity contribution in [2.24, 2.45) is 0 Å². The number of hydrogen-bond acceptors (Lipinski definition) is 5. The molecule has 2 N–H and O–H groups in total. The average molecular weight is 407 g/mol. The topological polar surface area (TPSA) is 106 Å². The van der Waals surface area contributed by atoms with Crippen molar-refractivity contribution >= 4 is 22.7 Å². The largest absolute Gasteiger partial charge is 0.352 e. The lowest BCUT2D eigenvalue weighted by Crippen LogP contribution is -2.32. The Kier molecular flexibility index (Phi) is 6.90. The van der Waals surface area contributed by atoms with Crippen LogP contribution in [0.4, 0.5) is 0 Å². The number of hydrogen-bond donors (Lipinski definition) is 2. The van der Waals surface area contributed by atoms with E-state index in [1.807, 2.05) is 19.9 Å². The number of aryl methyl sites for hydroxylation is 1. The minimum atomic E-state index is -0.270. The number of nitrogens with one attached hydrogen (secondary N) is 2. The summed E-state index contributed by atoms with van der Waals surface area (Å²) in [5.41, 5.74) is 1.64. The zero-order valence-corrected chi connectivity index (χ0v) is 17.1. The van der Waals surface area contributed by atoms with Gasteiger partial charge in [0.25, 0.3) is 11.5 Å². The van der Waals surface area contributed by atoms with Crippen LogP contribution in [0.1, 0.15) is 42.6 Å². The second kappa shape index (κ2) is 9.78. The maximum Gasteiger partial charge on any atom is 0.277 e. The fourth-order valence-electron chi connectivity index (χ4n) is 2.90. The number of fused-ring (bicyclic) bond motifs is 1. The average Bonchev–Trinajstić information content (AvgIpc) is 2.77. The summed E-state index contributed by atoms with van der Waals surface area (Å²) in [5, 5.41) is 14.1.